The van der Waals surface area contributed by atoms with Crippen molar-refractivity contribution in [2.75, 3.05) is 6.61 Å². The van der Waals surface area contributed by atoms with Crippen LogP contribution >= 0.6 is 0 Å². The van der Waals surface area contributed by atoms with Crippen LogP contribution in [0.25, 0.3) is 0 Å². The predicted octanol–water partition coefficient (Wildman–Crippen LogP) is 3.86. The molecule has 0 spiro atoms. The van der Waals surface area contributed by atoms with Gasteiger partial charge in [-0.2, -0.15) is 17.2 Å². The highest BCUT2D eigenvalue weighted by Gasteiger charge is 2.66. The number of carbonyl (C=O) groups excluding carboxylic acids is 2. The minimum Gasteiger partial charge on any atom is -0.460 e. The molecular weight excluding hydrogens is 498 g/mol. The van der Waals surface area contributed by atoms with Gasteiger partial charge >= 0.3 is 27.4 Å². The largest absolute Gasteiger partial charge is 0.465 e. The lowest BCUT2D eigenvalue weighted by atomic mass is 9.41. The Morgan fingerprint density at radius 1 is 1.17 bits per heavy atom. The van der Waals surface area contributed by atoms with Crippen molar-refractivity contribution in [1.82, 2.24) is 9.55 Å². The highest BCUT2D eigenvalue weighted by atomic mass is 32.2. The van der Waals surface area contributed by atoms with Crippen LogP contribution in [0.15, 0.2) is 43.0 Å². The van der Waals surface area contributed by atoms with Crippen molar-refractivity contribution in [1.29, 1.82) is 0 Å². The second-order valence-electron chi connectivity index (χ2n) is 10.7. The van der Waals surface area contributed by atoms with Crippen LogP contribution in [0.3, 0.4) is 0 Å². The summed E-state index contributed by atoms with van der Waals surface area (Å²) in [5.74, 6) is -2.26. The van der Waals surface area contributed by atoms with Gasteiger partial charge in [0, 0.05) is 23.2 Å². The summed E-state index contributed by atoms with van der Waals surface area (Å²) < 4.78 is 70.7. The molecule has 4 aliphatic carbocycles. The molecule has 194 valence electrons. The minimum atomic E-state index is -5.98. The summed E-state index contributed by atoms with van der Waals surface area (Å²) in [7, 11) is -5.98. The quantitative estimate of drug-likeness (QED) is 0.446. The molecule has 12 heteroatoms. The Balaban J connectivity index is 1.48. The molecule has 4 atom stereocenters. The third-order valence-corrected chi connectivity index (χ3v) is 8.70. The zero-order valence-corrected chi connectivity index (χ0v) is 20.3. The van der Waals surface area contributed by atoms with E-state index in [1.807, 2.05) is 31.2 Å². The van der Waals surface area contributed by atoms with E-state index in [9.17, 15) is 26.8 Å². The van der Waals surface area contributed by atoms with Crippen LogP contribution in [-0.2, 0) is 29.8 Å². The summed E-state index contributed by atoms with van der Waals surface area (Å²) in [5.41, 5.74) is -0.0888. The second kappa shape index (κ2) is 8.07. The number of alkyl halides is 2. The molecule has 4 bridgehead atoms. The van der Waals surface area contributed by atoms with E-state index in [-0.39, 0.29) is 12.3 Å². The van der Waals surface area contributed by atoms with Crippen LogP contribution in [0.5, 0.6) is 0 Å². The van der Waals surface area contributed by atoms with E-state index >= 15 is 0 Å². The average Bonchev–Trinajstić information content (AvgIpc) is 3.31. The van der Waals surface area contributed by atoms with E-state index in [1.165, 1.54) is 23.3 Å². The molecule has 2 aromatic rings. The number of esters is 1. The first-order chi connectivity index (χ1) is 16.8. The second-order valence-corrected chi connectivity index (χ2v) is 12.2. The number of aryl methyl sites for hydroxylation is 1. The standard InChI is InChI=1S/C24H26F2N2O7S/c1-16-2-4-18(5-3-16)22-9-17-8-21(11-22,14-34-19(29)24(25,26)36(31,32)33)12-23(10-17,13-22)35-20(30)28-7-6-27-15-28/h2-7,15,17H,8-14H2,1H3,(H,31,32,33). The normalized spacial score (nSPS) is 31.3. The SMILES string of the molecule is Cc1ccc(C23CC4CC(COC(=O)C(F)(F)S(=O)(=O)O)(CC(OC(=O)n5ccnc5)(C4)C2)C3)cc1. The molecule has 1 aromatic heterocycles. The van der Waals surface area contributed by atoms with Crippen LogP contribution in [0, 0.1) is 18.3 Å². The van der Waals surface area contributed by atoms with Crippen molar-refractivity contribution >= 4 is 22.2 Å². The summed E-state index contributed by atoms with van der Waals surface area (Å²) in [5, 5.41) is -5.07. The number of hydrogen-bond donors (Lipinski definition) is 1. The van der Waals surface area contributed by atoms with Gasteiger partial charge in [-0.15, -0.1) is 0 Å². The number of hydrogen-bond acceptors (Lipinski definition) is 7. The Kier molecular flexibility index (Phi) is 5.56. The Morgan fingerprint density at radius 2 is 1.89 bits per heavy atom. The van der Waals surface area contributed by atoms with Crippen molar-refractivity contribution < 1.29 is 40.8 Å². The molecule has 4 aliphatic rings. The zero-order valence-electron chi connectivity index (χ0n) is 19.5. The van der Waals surface area contributed by atoms with Gasteiger partial charge in [0.2, 0.25) is 0 Å². The molecule has 0 saturated heterocycles. The van der Waals surface area contributed by atoms with E-state index < -0.39 is 50.5 Å². The summed E-state index contributed by atoms with van der Waals surface area (Å²) in [6.07, 6.45) is 6.86. The van der Waals surface area contributed by atoms with E-state index in [0.29, 0.717) is 25.7 Å². The fourth-order valence-electron chi connectivity index (χ4n) is 7.06. The molecule has 4 fully saturated rings. The van der Waals surface area contributed by atoms with Gasteiger partial charge in [-0.3, -0.25) is 4.55 Å². The minimum absolute atomic E-state index is 0.0685. The molecule has 0 radical (unpaired) electrons. The summed E-state index contributed by atoms with van der Waals surface area (Å²) in [6.45, 7) is 1.49. The third kappa shape index (κ3) is 4.09. The molecule has 4 unspecified atom stereocenters. The first kappa shape index (κ1) is 24.8. The molecule has 0 amide bonds. The third-order valence-electron chi connectivity index (χ3n) is 7.89. The number of ether oxygens (including phenoxy) is 2. The van der Waals surface area contributed by atoms with E-state index in [0.717, 1.165) is 17.5 Å². The van der Waals surface area contributed by atoms with E-state index in [2.05, 4.69) is 4.98 Å². The number of aromatic nitrogens is 2. The summed E-state index contributed by atoms with van der Waals surface area (Å²) in [4.78, 5) is 28.8. The van der Waals surface area contributed by atoms with Gasteiger partial charge in [-0.25, -0.2) is 19.1 Å². The van der Waals surface area contributed by atoms with Gasteiger partial charge in [0.25, 0.3) is 0 Å². The monoisotopic (exact) mass is 524 g/mol. The van der Waals surface area contributed by atoms with Crippen molar-refractivity contribution in [3.05, 3.63) is 54.1 Å². The lowest BCUT2D eigenvalue weighted by molar-refractivity contribution is -0.200. The number of nitrogens with zero attached hydrogens (tertiary/aromatic N) is 2. The van der Waals surface area contributed by atoms with Gasteiger partial charge in [-0.1, -0.05) is 29.8 Å². The number of benzene rings is 1. The van der Waals surface area contributed by atoms with Gasteiger partial charge in [0.1, 0.15) is 11.9 Å². The molecule has 1 N–H and O–H groups in total. The Morgan fingerprint density at radius 3 is 2.53 bits per heavy atom. The number of imidazole rings is 1. The van der Waals surface area contributed by atoms with Crippen molar-refractivity contribution in [3.8, 4) is 0 Å². The maximum atomic E-state index is 13.9. The first-order valence-corrected chi connectivity index (χ1v) is 13.0. The van der Waals surface area contributed by atoms with Gasteiger partial charge in [0.15, 0.2) is 0 Å². The topological polar surface area (TPSA) is 125 Å². The first-order valence-electron chi connectivity index (χ1n) is 11.6. The average molecular weight is 525 g/mol. The highest BCUT2D eigenvalue weighted by Crippen LogP contribution is 2.68. The van der Waals surface area contributed by atoms with Crippen LogP contribution in [0.4, 0.5) is 13.6 Å². The van der Waals surface area contributed by atoms with Crippen LogP contribution in [-0.4, -0.2) is 52.0 Å². The van der Waals surface area contributed by atoms with E-state index in [1.54, 1.807) is 0 Å². The zero-order chi connectivity index (χ0) is 26.0. The molecule has 0 aliphatic heterocycles. The molecule has 4 saturated carbocycles. The summed E-state index contributed by atoms with van der Waals surface area (Å²) in [6, 6.07) is 8.00. The maximum Gasteiger partial charge on any atom is 0.465 e. The fraction of sp³-hybridized carbons (Fsp3) is 0.542. The Hall–Kier alpha value is -2.86. The van der Waals surface area contributed by atoms with Crippen LogP contribution in [0.1, 0.15) is 49.7 Å². The smallest absolute Gasteiger partial charge is 0.460 e. The lowest BCUT2D eigenvalue weighted by Gasteiger charge is -2.65. The van der Waals surface area contributed by atoms with Gasteiger partial charge in [0.05, 0.1) is 6.61 Å². The Bertz CT molecular complexity index is 1300. The molecule has 1 aromatic carbocycles. The molecule has 1 heterocycles. The summed E-state index contributed by atoms with van der Waals surface area (Å²) >= 11 is 0. The maximum absolute atomic E-state index is 13.9. The number of rotatable bonds is 6. The lowest BCUT2D eigenvalue weighted by Crippen LogP contribution is -2.64. The molecular formula is C24H26F2N2O7S. The van der Waals surface area contributed by atoms with E-state index in [4.69, 9.17) is 14.0 Å². The highest BCUT2D eigenvalue weighted by molar-refractivity contribution is 7.87. The molecule has 36 heavy (non-hydrogen) atoms. The van der Waals surface area contributed by atoms with Gasteiger partial charge < -0.3 is 9.47 Å². The fourth-order valence-corrected chi connectivity index (χ4v) is 7.33. The van der Waals surface area contributed by atoms with Crippen molar-refractivity contribution in [2.45, 2.75) is 61.7 Å². The Labute approximate surface area is 206 Å². The van der Waals surface area contributed by atoms with Gasteiger partial charge in [-0.05, 0) is 56.9 Å². The number of carbonyl (C=O) groups is 2. The molecule has 9 nitrogen and oxygen atoms in total. The van der Waals surface area contributed by atoms with Crippen molar-refractivity contribution in [3.63, 3.8) is 0 Å². The molecule has 6 rings (SSSR count). The van der Waals surface area contributed by atoms with Crippen LogP contribution < -0.4 is 0 Å². The van der Waals surface area contributed by atoms with Crippen molar-refractivity contribution in [2.24, 2.45) is 11.3 Å². The predicted molar refractivity (Wildman–Crippen MR) is 121 cm³/mol. The number of halogens is 2. The van der Waals surface area contributed by atoms with Crippen LogP contribution in [0.2, 0.25) is 0 Å².